The van der Waals surface area contributed by atoms with Gasteiger partial charge in [0, 0.05) is 19.5 Å². The molecule has 0 aromatic heterocycles. The number of likely N-dealkylation sites (tertiary alicyclic amines) is 2. The fraction of sp³-hybridized carbons (Fsp3) is 0.800. The van der Waals surface area contributed by atoms with Crippen molar-refractivity contribution in [2.24, 2.45) is 5.92 Å². The first kappa shape index (κ1) is 20.3. The molecule has 2 heterocycles. The number of carboxylic acids is 1. The molecule has 0 aliphatic carbocycles. The molecule has 2 saturated heterocycles. The second kappa shape index (κ2) is 8.95. The van der Waals surface area contributed by atoms with E-state index in [4.69, 9.17) is 10.2 Å². The number of likely N-dealkylation sites (N-methyl/N-ethyl adjacent to an activating group) is 2. The van der Waals surface area contributed by atoms with Gasteiger partial charge in [0.05, 0.1) is 26.2 Å². The minimum atomic E-state index is -0.849. The second-order valence-corrected chi connectivity index (χ2v) is 6.12. The highest BCUT2D eigenvalue weighted by Crippen LogP contribution is 2.22. The number of ether oxygens (including phenoxy) is 2. The average Bonchev–Trinajstić information content (AvgIpc) is 3.08. The number of β-amino-alcohol motifs (C(OH)–C–C–N with tert-alkyl or cyclic N) is 1. The van der Waals surface area contributed by atoms with Gasteiger partial charge in [-0.25, -0.2) is 0 Å². The standard InChI is InChI=1S/C8H13NO4.C7H13NO3/c1-9-4-5(7(10)11)3-6(9)8(12)13-2;1-8-4-5(9)3-6(8)7(10)11-2/h5-6H,3-4H2,1-2H3,(H,10,11);5-6,9H,3-4H2,1-2H3. The number of aliphatic hydroxyl groups excluding tert-OH is 1. The van der Waals surface area contributed by atoms with Crippen molar-refractivity contribution in [1.82, 2.24) is 9.80 Å². The Labute approximate surface area is 141 Å². The van der Waals surface area contributed by atoms with Gasteiger partial charge in [-0.1, -0.05) is 0 Å². The number of aliphatic carboxylic acids is 1. The quantitative estimate of drug-likeness (QED) is 0.607. The summed E-state index contributed by atoms with van der Waals surface area (Å²) in [6.07, 6.45) is 0.450. The van der Waals surface area contributed by atoms with Gasteiger partial charge in [-0.2, -0.15) is 0 Å². The first-order valence-electron chi connectivity index (χ1n) is 7.68. The number of rotatable bonds is 3. The van der Waals surface area contributed by atoms with E-state index in [0.29, 0.717) is 25.9 Å². The maximum absolute atomic E-state index is 11.1. The van der Waals surface area contributed by atoms with E-state index in [1.165, 1.54) is 14.2 Å². The Kier molecular flexibility index (Phi) is 7.59. The number of methoxy groups -OCH3 is 2. The molecule has 0 spiro atoms. The van der Waals surface area contributed by atoms with E-state index in [2.05, 4.69) is 9.47 Å². The molecule has 0 bridgehead atoms. The molecule has 0 aromatic carbocycles. The Bertz CT molecular complexity index is 471. The summed E-state index contributed by atoms with van der Waals surface area (Å²) in [6, 6.07) is -0.652. The highest BCUT2D eigenvalue weighted by atomic mass is 16.5. The number of esters is 2. The fourth-order valence-corrected chi connectivity index (χ4v) is 2.97. The predicted octanol–water partition coefficient (Wildman–Crippen LogP) is -1.21. The molecule has 24 heavy (non-hydrogen) atoms. The van der Waals surface area contributed by atoms with Crippen molar-refractivity contribution in [2.75, 3.05) is 41.4 Å². The summed E-state index contributed by atoms with van der Waals surface area (Å²) in [6.45, 7) is 0.967. The molecule has 9 nitrogen and oxygen atoms in total. The van der Waals surface area contributed by atoms with Gasteiger partial charge in [0.25, 0.3) is 0 Å². The smallest absolute Gasteiger partial charge is 0.323 e. The van der Waals surface area contributed by atoms with Crippen LogP contribution in [-0.4, -0.2) is 97.5 Å². The molecule has 0 amide bonds. The molecule has 9 heteroatoms. The van der Waals surface area contributed by atoms with E-state index in [1.54, 1.807) is 23.9 Å². The van der Waals surface area contributed by atoms with Gasteiger partial charge in [0.1, 0.15) is 12.1 Å². The zero-order chi connectivity index (χ0) is 18.4. The van der Waals surface area contributed by atoms with Crippen molar-refractivity contribution in [2.45, 2.75) is 31.0 Å². The molecule has 0 radical (unpaired) electrons. The van der Waals surface area contributed by atoms with Crippen LogP contribution in [0, 0.1) is 5.92 Å². The van der Waals surface area contributed by atoms with E-state index in [-0.39, 0.29) is 24.1 Å². The van der Waals surface area contributed by atoms with Crippen molar-refractivity contribution >= 4 is 17.9 Å². The molecule has 0 aromatic rings. The molecular weight excluding hydrogens is 320 g/mol. The summed E-state index contributed by atoms with van der Waals surface area (Å²) in [4.78, 5) is 36.3. The molecular formula is C15H26N2O7. The fourth-order valence-electron chi connectivity index (χ4n) is 2.97. The van der Waals surface area contributed by atoms with Crippen LogP contribution in [-0.2, 0) is 23.9 Å². The Balaban J connectivity index is 0.000000243. The van der Waals surface area contributed by atoms with Crippen molar-refractivity contribution in [3.63, 3.8) is 0 Å². The summed E-state index contributed by atoms with van der Waals surface area (Å²) < 4.78 is 9.12. The number of carboxylic acid groups (broad SMARTS) is 1. The molecule has 0 saturated carbocycles. The van der Waals surface area contributed by atoms with E-state index < -0.39 is 17.9 Å². The van der Waals surface area contributed by atoms with Crippen molar-refractivity contribution in [3.8, 4) is 0 Å². The Morgan fingerprint density at radius 1 is 0.917 bits per heavy atom. The Morgan fingerprint density at radius 2 is 1.38 bits per heavy atom. The largest absolute Gasteiger partial charge is 0.481 e. The predicted molar refractivity (Wildman–Crippen MR) is 83.2 cm³/mol. The molecule has 2 aliphatic rings. The number of aliphatic hydroxyl groups is 1. The summed E-state index contributed by atoms with van der Waals surface area (Å²) in [5.74, 6) is -1.91. The van der Waals surface area contributed by atoms with Gasteiger partial charge in [-0.05, 0) is 20.5 Å². The highest BCUT2D eigenvalue weighted by Gasteiger charge is 2.38. The molecule has 2 rings (SSSR count). The van der Waals surface area contributed by atoms with Gasteiger partial charge in [-0.3, -0.25) is 24.2 Å². The van der Waals surface area contributed by atoms with Crippen LogP contribution in [0.25, 0.3) is 0 Å². The van der Waals surface area contributed by atoms with Crippen LogP contribution in [0.4, 0.5) is 0 Å². The minimum Gasteiger partial charge on any atom is -0.481 e. The number of carbonyl (C=O) groups is 3. The van der Waals surface area contributed by atoms with Crippen LogP contribution >= 0.6 is 0 Å². The van der Waals surface area contributed by atoms with Crippen LogP contribution < -0.4 is 0 Å². The van der Waals surface area contributed by atoms with Crippen LogP contribution in [0.2, 0.25) is 0 Å². The summed E-state index contributed by atoms with van der Waals surface area (Å²) in [7, 11) is 6.20. The lowest BCUT2D eigenvalue weighted by molar-refractivity contribution is -0.146. The topological polar surface area (TPSA) is 117 Å². The van der Waals surface area contributed by atoms with E-state index in [9.17, 15) is 14.4 Å². The van der Waals surface area contributed by atoms with Crippen molar-refractivity contribution < 1.29 is 34.1 Å². The monoisotopic (exact) mass is 346 g/mol. The maximum atomic E-state index is 11.1. The normalized spacial score (nSPS) is 30.4. The minimum absolute atomic E-state index is 0.255. The lowest BCUT2D eigenvalue weighted by Gasteiger charge is -2.15. The van der Waals surface area contributed by atoms with Crippen LogP contribution in [0.15, 0.2) is 0 Å². The molecule has 4 atom stereocenters. The summed E-state index contributed by atoms with van der Waals surface area (Å²) >= 11 is 0. The zero-order valence-electron chi connectivity index (χ0n) is 14.5. The van der Waals surface area contributed by atoms with Crippen molar-refractivity contribution in [1.29, 1.82) is 0 Å². The molecule has 2 fully saturated rings. The van der Waals surface area contributed by atoms with Gasteiger partial charge in [0.2, 0.25) is 0 Å². The lowest BCUT2D eigenvalue weighted by atomic mass is 10.1. The van der Waals surface area contributed by atoms with Crippen molar-refractivity contribution in [3.05, 3.63) is 0 Å². The number of hydrogen-bond donors (Lipinski definition) is 2. The maximum Gasteiger partial charge on any atom is 0.323 e. The molecule has 4 unspecified atom stereocenters. The first-order valence-corrected chi connectivity index (χ1v) is 7.68. The second-order valence-electron chi connectivity index (χ2n) is 6.12. The number of carbonyl (C=O) groups excluding carboxylic acids is 2. The third-order valence-electron chi connectivity index (χ3n) is 4.37. The summed E-state index contributed by atoms with van der Waals surface area (Å²) in [5, 5.41) is 17.9. The van der Waals surface area contributed by atoms with Crippen LogP contribution in [0.1, 0.15) is 12.8 Å². The Morgan fingerprint density at radius 3 is 1.71 bits per heavy atom. The van der Waals surface area contributed by atoms with E-state index in [0.717, 1.165) is 0 Å². The van der Waals surface area contributed by atoms with E-state index >= 15 is 0 Å². The average molecular weight is 346 g/mol. The van der Waals surface area contributed by atoms with Gasteiger partial charge in [-0.15, -0.1) is 0 Å². The third kappa shape index (κ3) is 5.15. The van der Waals surface area contributed by atoms with Gasteiger partial charge in [0.15, 0.2) is 0 Å². The molecule has 2 N–H and O–H groups in total. The van der Waals surface area contributed by atoms with Crippen LogP contribution in [0.3, 0.4) is 0 Å². The SMILES string of the molecule is COC(=O)C1CC(C(=O)O)CN1C.COC(=O)C1CC(O)CN1C. The first-order chi connectivity index (χ1) is 11.2. The van der Waals surface area contributed by atoms with Gasteiger partial charge >= 0.3 is 17.9 Å². The lowest BCUT2D eigenvalue weighted by Crippen LogP contribution is -2.33. The van der Waals surface area contributed by atoms with E-state index in [1.807, 2.05) is 0 Å². The highest BCUT2D eigenvalue weighted by molar-refractivity contribution is 5.79. The molecule has 2 aliphatic heterocycles. The summed E-state index contributed by atoms with van der Waals surface area (Å²) in [5.41, 5.74) is 0. The molecule has 138 valence electrons. The zero-order valence-corrected chi connectivity index (χ0v) is 14.5. The third-order valence-corrected chi connectivity index (χ3v) is 4.37. The number of hydrogen-bond acceptors (Lipinski definition) is 8. The Hall–Kier alpha value is -1.71. The number of nitrogens with zero attached hydrogens (tertiary/aromatic N) is 2. The van der Waals surface area contributed by atoms with Crippen LogP contribution in [0.5, 0.6) is 0 Å². The van der Waals surface area contributed by atoms with Gasteiger partial charge < -0.3 is 19.7 Å².